The maximum absolute atomic E-state index is 13.4. The lowest BCUT2D eigenvalue weighted by atomic mass is 9.67. The van der Waals surface area contributed by atoms with E-state index in [0.29, 0.717) is 15.9 Å². The van der Waals surface area contributed by atoms with Gasteiger partial charge in [-0.1, -0.05) is 52.3 Å². The summed E-state index contributed by atoms with van der Waals surface area (Å²) in [7, 11) is 0. The first-order valence-electron chi connectivity index (χ1n) is 11.1. The van der Waals surface area contributed by atoms with Gasteiger partial charge in [0, 0.05) is 23.1 Å². The van der Waals surface area contributed by atoms with Gasteiger partial charge in [0.2, 0.25) is 5.91 Å². The predicted octanol–water partition coefficient (Wildman–Crippen LogP) is 6.87. The highest BCUT2D eigenvalue weighted by molar-refractivity contribution is 8.21. The number of thioether (sulfide) groups is 2. The molecule has 1 aliphatic heterocycles. The number of nitrogens with one attached hydrogen (secondary N) is 1. The minimum absolute atomic E-state index is 0.183. The molecule has 1 heterocycles. The lowest BCUT2D eigenvalue weighted by Crippen LogP contribution is -2.48. The van der Waals surface area contributed by atoms with Gasteiger partial charge in [-0.15, -0.1) is 23.5 Å². The highest BCUT2D eigenvalue weighted by Gasteiger charge is 2.55. The van der Waals surface area contributed by atoms with E-state index in [0.717, 1.165) is 30.4 Å². The fourth-order valence-corrected chi connectivity index (χ4v) is 9.68. The van der Waals surface area contributed by atoms with Gasteiger partial charge in [0.05, 0.1) is 4.08 Å². The lowest BCUT2D eigenvalue weighted by molar-refractivity contribution is -0.122. The van der Waals surface area contributed by atoms with E-state index in [4.69, 9.17) is 0 Å². The first kappa shape index (κ1) is 20.7. The number of hydrogen-bond acceptors (Lipinski definition) is 3. The van der Waals surface area contributed by atoms with Crippen molar-refractivity contribution in [2.75, 3.05) is 16.8 Å². The molecule has 1 aromatic rings. The number of benzene rings is 1. The molecule has 154 valence electrons. The first-order chi connectivity index (χ1) is 13.4. The van der Waals surface area contributed by atoms with Crippen LogP contribution in [0.25, 0.3) is 0 Å². The van der Waals surface area contributed by atoms with E-state index in [2.05, 4.69) is 74.7 Å². The quantitative estimate of drug-likeness (QED) is 0.579. The van der Waals surface area contributed by atoms with Gasteiger partial charge >= 0.3 is 0 Å². The topological polar surface area (TPSA) is 29.1 Å². The Morgan fingerprint density at radius 1 is 1.00 bits per heavy atom. The molecule has 2 saturated carbocycles. The molecule has 1 saturated heterocycles. The van der Waals surface area contributed by atoms with Gasteiger partial charge in [0.25, 0.3) is 0 Å². The maximum atomic E-state index is 13.4. The third-order valence-corrected chi connectivity index (χ3v) is 11.1. The second kappa shape index (κ2) is 8.26. The number of carbonyl (C=O) groups is 1. The summed E-state index contributed by atoms with van der Waals surface area (Å²) >= 11 is 4.44. The Kier molecular flexibility index (Phi) is 6.09. The molecule has 1 aromatic carbocycles. The Morgan fingerprint density at radius 3 is 2.04 bits per heavy atom. The van der Waals surface area contributed by atoms with Gasteiger partial charge in [0.15, 0.2) is 0 Å². The van der Waals surface area contributed by atoms with Crippen molar-refractivity contribution >= 4 is 35.1 Å². The Bertz CT molecular complexity index is 681. The summed E-state index contributed by atoms with van der Waals surface area (Å²) in [6.07, 6.45) is 6.17. The standard InChI is InChI=1S/C24H35NOS2/c1-15(2)20-9-6-10-21(16(3)4)22(20)25-23(26)17-13-18-7-5-8-19(14-17)24(18)27-11-12-28-24/h6,9-10,15-19H,5,7-8,11-14H2,1-4H3,(H,25,26)/t18-,19-/m1/s1. The summed E-state index contributed by atoms with van der Waals surface area (Å²) < 4.78 is 0.438. The second-order valence-electron chi connectivity index (χ2n) is 9.52. The van der Waals surface area contributed by atoms with Crippen LogP contribution in [0.3, 0.4) is 0 Å². The number of amides is 1. The molecular formula is C24H35NOS2. The molecule has 1 spiro atoms. The molecule has 0 aromatic heterocycles. The van der Waals surface area contributed by atoms with Crippen LogP contribution in [0.2, 0.25) is 0 Å². The van der Waals surface area contributed by atoms with Crippen molar-refractivity contribution in [2.24, 2.45) is 17.8 Å². The smallest absolute Gasteiger partial charge is 0.227 e. The fourth-order valence-electron chi connectivity index (χ4n) is 5.74. The molecule has 4 heteroatoms. The van der Waals surface area contributed by atoms with Crippen molar-refractivity contribution in [3.8, 4) is 0 Å². The van der Waals surface area contributed by atoms with E-state index in [-0.39, 0.29) is 11.8 Å². The summed E-state index contributed by atoms with van der Waals surface area (Å²) in [4.78, 5) is 13.4. The molecular weight excluding hydrogens is 382 g/mol. The zero-order chi connectivity index (χ0) is 19.9. The Morgan fingerprint density at radius 2 is 1.54 bits per heavy atom. The van der Waals surface area contributed by atoms with E-state index in [1.807, 2.05) is 0 Å². The monoisotopic (exact) mass is 417 g/mol. The first-order valence-corrected chi connectivity index (χ1v) is 13.1. The molecule has 3 fully saturated rings. The number of rotatable bonds is 4. The van der Waals surface area contributed by atoms with Gasteiger partial charge < -0.3 is 5.32 Å². The molecule has 1 amide bonds. The van der Waals surface area contributed by atoms with E-state index in [9.17, 15) is 4.79 Å². The molecule has 28 heavy (non-hydrogen) atoms. The number of carbonyl (C=O) groups excluding carboxylic acids is 1. The third-order valence-electron chi connectivity index (χ3n) is 7.11. The SMILES string of the molecule is CC(C)c1cccc(C(C)C)c1NC(=O)C1C[C@H]2CCC[C@H](C1)C21SCCS1. The molecule has 1 N–H and O–H groups in total. The molecule has 0 radical (unpaired) electrons. The zero-order valence-electron chi connectivity index (χ0n) is 17.8. The van der Waals surface area contributed by atoms with Crippen LogP contribution < -0.4 is 5.32 Å². The van der Waals surface area contributed by atoms with Crippen molar-refractivity contribution in [1.29, 1.82) is 0 Å². The number of anilines is 1. The molecule has 2 bridgehead atoms. The Labute approximate surface area is 179 Å². The molecule has 4 rings (SSSR count). The summed E-state index contributed by atoms with van der Waals surface area (Å²) in [5.41, 5.74) is 3.63. The van der Waals surface area contributed by atoms with Crippen LogP contribution in [-0.2, 0) is 4.79 Å². The van der Waals surface area contributed by atoms with Crippen LogP contribution in [0.4, 0.5) is 5.69 Å². The maximum Gasteiger partial charge on any atom is 0.227 e. The van der Waals surface area contributed by atoms with Crippen LogP contribution in [-0.4, -0.2) is 21.5 Å². The third kappa shape index (κ3) is 3.64. The van der Waals surface area contributed by atoms with Gasteiger partial charge in [0.1, 0.15) is 0 Å². The summed E-state index contributed by atoms with van der Waals surface area (Å²) in [5.74, 6) is 5.32. The van der Waals surface area contributed by atoms with Gasteiger partial charge in [-0.2, -0.15) is 0 Å². The highest BCUT2D eigenvalue weighted by Crippen LogP contribution is 2.64. The van der Waals surface area contributed by atoms with Crippen LogP contribution in [0.15, 0.2) is 18.2 Å². The van der Waals surface area contributed by atoms with Gasteiger partial charge in [-0.3, -0.25) is 4.79 Å². The largest absolute Gasteiger partial charge is 0.325 e. The zero-order valence-corrected chi connectivity index (χ0v) is 19.4. The van der Waals surface area contributed by atoms with Crippen LogP contribution in [0, 0.1) is 17.8 Å². The Balaban J connectivity index is 1.56. The molecule has 0 unspecified atom stereocenters. The summed E-state index contributed by atoms with van der Waals surface area (Å²) in [6.45, 7) is 8.88. The van der Waals surface area contributed by atoms with Crippen LogP contribution in [0.1, 0.15) is 82.8 Å². The summed E-state index contributed by atoms with van der Waals surface area (Å²) in [6, 6.07) is 6.51. The van der Waals surface area contributed by atoms with Crippen molar-refractivity contribution in [2.45, 2.75) is 75.7 Å². The molecule has 2 nitrogen and oxygen atoms in total. The summed E-state index contributed by atoms with van der Waals surface area (Å²) in [5, 5.41) is 3.43. The van der Waals surface area contributed by atoms with Gasteiger partial charge in [-0.25, -0.2) is 0 Å². The van der Waals surface area contributed by atoms with Crippen molar-refractivity contribution in [3.63, 3.8) is 0 Å². The van der Waals surface area contributed by atoms with Crippen molar-refractivity contribution in [3.05, 3.63) is 29.3 Å². The minimum atomic E-state index is 0.183. The van der Waals surface area contributed by atoms with E-state index in [1.165, 1.54) is 41.9 Å². The van der Waals surface area contributed by atoms with Crippen LogP contribution in [0.5, 0.6) is 0 Å². The van der Waals surface area contributed by atoms with E-state index in [1.54, 1.807) is 0 Å². The average molecular weight is 418 g/mol. The fraction of sp³-hybridized carbons (Fsp3) is 0.708. The molecule has 2 atom stereocenters. The normalized spacial score (nSPS) is 28.9. The van der Waals surface area contributed by atoms with Crippen molar-refractivity contribution < 1.29 is 4.79 Å². The van der Waals surface area contributed by atoms with Crippen LogP contribution >= 0.6 is 23.5 Å². The molecule has 3 aliphatic rings. The average Bonchev–Trinajstić information content (AvgIpc) is 3.10. The second-order valence-corrected chi connectivity index (χ2v) is 12.5. The van der Waals surface area contributed by atoms with E-state index < -0.39 is 0 Å². The lowest BCUT2D eigenvalue weighted by Gasteiger charge is -2.52. The van der Waals surface area contributed by atoms with Crippen molar-refractivity contribution in [1.82, 2.24) is 0 Å². The van der Waals surface area contributed by atoms with E-state index >= 15 is 0 Å². The Hall–Kier alpha value is -0.610. The minimum Gasteiger partial charge on any atom is -0.325 e. The number of para-hydroxylation sites is 1. The molecule has 2 aliphatic carbocycles. The number of hydrogen-bond donors (Lipinski definition) is 1. The highest BCUT2D eigenvalue weighted by atomic mass is 32.2. The van der Waals surface area contributed by atoms with Gasteiger partial charge in [-0.05, 0) is 60.5 Å². The predicted molar refractivity (Wildman–Crippen MR) is 124 cm³/mol.